The molecule has 2 N–H and O–H groups in total. The highest BCUT2D eigenvalue weighted by atomic mass is 16.5. The van der Waals surface area contributed by atoms with Crippen molar-refractivity contribution in [1.29, 1.82) is 0 Å². The number of hydrogen-bond acceptors (Lipinski definition) is 3. The maximum Gasteiger partial charge on any atom is 0.103 e. The Balaban J connectivity index is 4.07. The quantitative estimate of drug-likeness (QED) is 0.655. The summed E-state index contributed by atoms with van der Waals surface area (Å²) in [6.45, 7) is 9.09. The molecule has 3 heteroatoms. The standard InChI is InChI=1S/C10H23NO2/c1-8(2)10(12,7-13-5)6-11-9(3)4/h8-9,11-12H,6-7H2,1-5H3. The van der Waals surface area contributed by atoms with Crippen LogP contribution in [-0.4, -0.2) is 37.0 Å². The molecule has 1 atom stereocenters. The molecule has 0 aliphatic heterocycles. The Kier molecular flexibility index (Phi) is 5.53. The van der Waals surface area contributed by atoms with E-state index in [1.165, 1.54) is 0 Å². The van der Waals surface area contributed by atoms with Gasteiger partial charge in [0.05, 0.1) is 6.61 Å². The van der Waals surface area contributed by atoms with Crippen molar-refractivity contribution in [3.05, 3.63) is 0 Å². The van der Waals surface area contributed by atoms with Crippen molar-refractivity contribution in [1.82, 2.24) is 5.32 Å². The Labute approximate surface area is 81.5 Å². The normalized spacial score (nSPS) is 16.6. The highest BCUT2D eigenvalue weighted by Crippen LogP contribution is 2.16. The third kappa shape index (κ3) is 4.60. The van der Waals surface area contributed by atoms with E-state index in [2.05, 4.69) is 19.2 Å². The van der Waals surface area contributed by atoms with Crippen LogP contribution in [0, 0.1) is 5.92 Å². The van der Waals surface area contributed by atoms with E-state index in [1.807, 2.05) is 13.8 Å². The Morgan fingerprint density at radius 3 is 2.15 bits per heavy atom. The molecule has 0 fully saturated rings. The zero-order chi connectivity index (χ0) is 10.5. The van der Waals surface area contributed by atoms with Crippen molar-refractivity contribution in [3.8, 4) is 0 Å². The van der Waals surface area contributed by atoms with Gasteiger partial charge in [0.25, 0.3) is 0 Å². The maximum absolute atomic E-state index is 10.1. The van der Waals surface area contributed by atoms with Crippen molar-refractivity contribution < 1.29 is 9.84 Å². The molecule has 0 saturated carbocycles. The van der Waals surface area contributed by atoms with Gasteiger partial charge in [0, 0.05) is 19.7 Å². The lowest BCUT2D eigenvalue weighted by Gasteiger charge is -2.32. The lowest BCUT2D eigenvalue weighted by Crippen LogP contribution is -2.50. The predicted molar refractivity (Wildman–Crippen MR) is 54.8 cm³/mol. The van der Waals surface area contributed by atoms with Gasteiger partial charge in [-0.15, -0.1) is 0 Å². The lowest BCUT2D eigenvalue weighted by molar-refractivity contribution is -0.0633. The second kappa shape index (κ2) is 5.58. The van der Waals surface area contributed by atoms with E-state index >= 15 is 0 Å². The van der Waals surface area contributed by atoms with E-state index in [0.717, 1.165) is 0 Å². The zero-order valence-electron chi connectivity index (χ0n) is 9.42. The number of hydrogen-bond donors (Lipinski definition) is 2. The number of nitrogens with one attached hydrogen (secondary N) is 1. The minimum Gasteiger partial charge on any atom is -0.386 e. The first kappa shape index (κ1) is 12.9. The molecule has 0 aromatic carbocycles. The summed E-state index contributed by atoms with van der Waals surface area (Å²) in [4.78, 5) is 0. The van der Waals surface area contributed by atoms with Crippen molar-refractivity contribution in [3.63, 3.8) is 0 Å². The molecule has 0 aromatic rings. The molecule has 0 amide bonds. The predicted octanol–water partition coefficient (Wildman–Crippen LogP) is 1.02. The third-order valence-electron chi connectivity index (χ3n) is 2.29. The summed E-state index contributed by atoms with van der Waals surface area (Å²) in [6, 6.07) is 0.391. The largest absolute Gasteiger partial charge is 0.386 e. The number of rotatable bonds is 6. The Hall–Kier alpha value is -0.120. The van der Waals surface area contributed by atoms with Crippen LogP contribution >= 0.6 is 0 Å². The van der Waals surface area contributed by atoms with E-state index in [1.54, 1.807) is 7.11 Å². The van der Waals surface area contributed by atoms with Gasteiger partial charge in [-0.2, -0.15) is 0 Å². The van der Waals surface area contributed by atoms with Gasteiger partial charge in [-0.1, -0.05) is 27.7 Å². The van der Waals surface area contributed by atoms with E-state index in [-0.39, 0.29) is 5.92 Å². The molecule has 0 aromatic heterocycles. The van der Waals surface area contributed by atoms with Gasteiger partial charge in [-0.25, -0.2) is 0 Å². The average Bonchev–Trinajstić information content (AvgIpc) is 2.01. The van der Waals surface area contributed by atoms with E-state index in [9.17, 15) is 5.11 Å². The first-order valence-electron chi connectivity index (χ1n) is 4.87. The van der Waals surface area contributed by atoms with Crippen LogP contribution < -0.4 is 5.32 Å². The molecular weight excluding hydrogens is 166 g/mol. The SMILES string of the molecule is COCC(O)(CNC(C)C)C(C)C. The van der Waals surface area contributed by atoms with Crippen LogP contribution in [0.15, 0.2) is 0 Å². The van der Waals surface area contributed by atoms with Crippen molar-refractivity contribution in [2.75, 3.05) is 20.3 Å². The minimum absolute atomic E-state index is 0.193. The van der Waals surface area contributed by atoms with E-state index < -0.39 is 5.60 Å². The summed E-state index contributed by atoms with van der Waals surface area (Å²) in [5.74, 6) is 0.193. The van der Waals surface area contributed by atoms with Crippen molar-refractivity contribution >= 4 is 0 Å². The van der Waals surface area contributed by atoms with Gasteiger partial charge in [0.2, 0.25) is 0 Å². The van der Waals surface area contributed by atoms with Gasteiger partial charge in [0.15, 0.2) is 0 Å². The van der Waals surface area contributed by atoms with Crippen LogP contribution in [0.4, 0.5) is 0 Å². The molecule has 0 saturated heterocycles. The second-order valence-corrected chi connectivity index (χ2v) is 4.23. The maximum atomic E-state index is 10.1. The summed E-state index contributed by atoms with van der Waals surface area (Å²) < 4.78 is 5.01. The fourth-order valence-corrected chi connectivity index (χ4v) is 1.05. The van der Waals surface area contributed by atoms with Gasteiger partial charge in [-0.05, 0) is 5.92 Å². The molecule has 3 nitrogen and oxygen atoms in total. The fourth-order valence-electron chi connectivity index (χ4n) is 1.05. The molecule has 1 unspecified atom stereocenters. The van der Waals surface area contributed by atoms with Crippen LogP contribution in [0.5, 0.6) is 0 Å². The summed E-state index contributed by atoms with van der Waals surface area (Å²) in [6.07, 6.45) is 0. The smallest absolute Gasteiger partial charge is 0.103 e. The minimum atomic E-state index is -0.751. The molecule has 0 radical (unpaired) electrons. The number of ether oxygens (including phenoxy) is 1. The average molecular weight is 189 g/mol. The first-order valence-corrected chi connectivity index (χ1v) is 4.87. The molecule has 0 aliphatic carbocycles. The zero-order valence-corrected chi connectivity index (χ0v) is 9.42. The van der Waals surface area contributed by atoms with Crippen LogP contribution in [0.25, 0.3) is 0 Å². The summed E-state index contributed by atoms with van der Waals surface area (Å²) in [5.41, 5.74) is -0.751. The summed E-state index contributed by atoms with van der Waals surface area (Å²) in [7, 11) is 1.61. The fraction of sp³-hybridized carbons (Fsp3) is 1.00. The summed E-state index contributed by atoms with van der Waals surface area (Å²) >= 11 is 0. The van der Waals surface area contributed by atoms with Crippen LogP contribution in [0.1, 0.15) is 27.7 Å². The Bertz CT molecular complexity index is 137. The highest BCUT2D eigenvalue weighted by Gasteiger charge is 2.30. The Morgan fingerprint density at radius 1 is 1.31 bits per heavy atom. The van der Waals surface area contributed by atoms with Gasteiger partial charge >= 0.3 is 0 Å². The molecular formula is C10H23NO2. The van der Waals surface area contributed by atoms with Gasteiger partial charge in [0.1, 0.15) is 5.60 Å². The number of methoxy groups -OCH3 is 1. The lowest BCUT2D eigenvalue weighted by atomic mass is 9.91. The van der Waals surface area contributed by atoms with E-state index in [4.69, 9.17) is 4.74 Å². The van der Waals surface area contributed by atoms with Gasteiger partial charge in [-0.3, -0.25) is 0 Å². The molecule has 0 bridgehead atoms. The van der Waals surface area contributed by atoms with E-state index in [0.29, 0.717) is 19.2 Å². The molecule has 0 aliphatic rings. The molecule has 0 heterocycles. The third-order valence-corrected chi connectivity index (χ3v) is 2.29. The molecule has 80 valence electrons. The Morgan fingerprint density at radius 2 is 1.85 bits per heavy atom. The van der Waals surface area contributed by atoms with Gasteiger partial charge < -0.3 is 15.2 Å². The molecule has 0 spiro atoms. The number of aliphatic hydroxyl groups is 1. The summed E-state index contributed by atoms with van der Waals surface area (Å²) in [5, 5.41) is 13.4. The highest BCUT2D eigenvalue weighted by molar-refractivity contribution is 4.84. The van der Waals surface area contributed by atoms with Crippen molar-refractivity contribution in [2.24, 2.45) is 5.92 Å². The van der Waals surface area contributed by atoms with Crippen LogP contribution in [-0.2, 0) is 4.74 Å². The monoisotopic (exact) mass is 189 g/mol. The molecule has 13 heavy (non-hydrogen) atoms. The molecule has 0 rings (SSSR count). The van der Waals surface area contributed by atoms with Crippen molar-refractivity contribution in [2.45, 2.75) is 39.3 Å². The second-order valence-electron chi connectivity index (χ2n) is 4.23. The topological polar surface area (TPSA) is 41.5 Å². The first-order chi connectivity index (χ1) is 5.92. The van der Waals surface area contributed by atoms with Crippen LogP contribution in [0.3, 0.4) is 0 Å². The van der Waals surface area contributed by atoms with Crippen LogP contribution in [0.2, 0.25) is 0 Å².